The Hall–Kier alpha value is -1.79. The number of carbonyl (C=O) groups excluding carboxylic acids is 2. The van der Waals surface area contributed by atoms with Crippen LogP contribution >= 0.6 is 7.82 Å². The summed E-state index contributed by atoms with van der Waals surface area (Å²) in [5, 5.41) is 17.2. The maximum absolute atomic E-state index is 12.8. The fraction of sp³-hybridized carbons (Fsp3) is 0.950. The monoisotopic (exact) mass is 786 g/mol. The average molecular weight is 786 g/mol. The summed E-state index contributed by atoms with van der Waals surface area (Å²) in [7, 11) is 1.11. The summed E-state index contributed by atoms with van der Waals surface area (Å²) in [6, 6.07) is 0. The Balaban J connectivity index is 1.65. The second-order valence-corrected chi connectivity index (χ2v) is 18.0. The van der Waals surface area contributed by atoms with E-state index in [0.717, 1.165) is 83.5 Å². The number of phosphoric ester groups is 1. The van der Waals surface area contributed by atoms with Crippen molar-refractivity contribution >= 4 is 19.8 Å². The van der Waals surface area contributed by atoms with E-state index in [2.05, 4.69) is 34.3 Å². The Morgan fingerprint density at radius 2 is 1.02 bits per heavy atom. The summed E-state index contributed by atoms with van der Waals surface area (Å²) >= 11 is 0. The van der Waals surface area contributed by atoms with E-state index in [4.69, 9.17) is 18.5 Å². The fourth-order valence-electron chi connectivity index (χ4n) is 6.47. The van der Waals surface area contributed by atoms with Gasteiger partial charge in [0.2, 0.25) is 0 Å². The molecule has 0 radical (unpaired) electrons. The van der Waals surface area contributed by atoms with E-state index in [1.165, 1.54) is 64.2 Å². The maximum atomic E-state index is 12.8. The van der Waals surface area contributed by atoms with E-state index >= 15 is 0 Å². The first kappa shape index (κ1) is 48.4. The van der Waals surface area contributed by atoms with Crippen LogP contribution in [0, 0.1) is 0 Å². The lowest BCUT2D eigenvalue weighted by Crippen LogP contribution is -2.37. The van der Waals surface area contributed by atoms with Crippen molar-refractivity contribution in [2.75, 3.05) is 47.5 Å². The molecule has 14 heteroatoms. The van der Waals surface area contributed by atoms with Gasteiger partial charge >= 0.3 is 11.9 Å². The van der Waals surface area contributed by atoms with Gasteiger partial charge in [-0.2, -0.15) is 20.5 Å². The molecule has 0 aromatic heterocycles. The lowest BCUT2D eigenvalue weighted by molar-refractivity contribution is -0.870. The number of nitrogens with zero attached hydrogens (tertiary/aromatic N) is 5. The van der Waals surface area contributed by atoms with Crippen molar-refractivity contribution in [2.45, 2.75) is 198 Å². The fourth-order valence-corrected chi connectivity index (χ4v) is 7.19. The van der Waals surface area contributed by atoms with E-state index in [-0.39, 0.29) is 37.4 Å². The predicted octanol–water partition coefficient (Wildman–Crippen LogP) is 10.2. The molecule has 0 aromatic carbocycles. The van der Waals surface area contributed by atoms with Crippen molar-refractivity contribution in [1.29, 1.82) is 0 Å². The van der Waals surface area contributed by atoms with Gasteiger partial charge in [-0.25, -0.2) is 0 Å². The zero-order valence-electron chi connectivity index (χ0n) is 34.7. The van der Waals surface area contributed by atoms with Crippen molar-refractivity contribution in [1.82, 2.24) is 0 Å². The van der Waals surface area contributed by atoms with Crippen LogP contribution in [0.5, 0.6) is 0 Å². The highest BCUT2D eigenvalue weighted by molar-refractivity contribution is 7.45. The van der Waals surface area contributed by atoms with Gasteiger partial charge in [-0.05, 0) is 64.2 Å². The molecule has 2 rings (SSSR count). The summed E-state index contributed by atoms with van der Waals surface area (Å²) in [6.45, 7) is 4.07. The normalized spacial score (nSPS) is 16.9. The van der Waals surface area contributed by atoms with E-state index in [1.54, 1.807) is 0 Å². The van der Waals surface area contributed by atoms with E-state index < -0.39 is 32.5 Å². The predicted molar refractivity (Wildman–Crippen MR) is 210 cm³/mol. The molecular formula is C40H76N5O8P. The van der Waals surface area contributed by atoms with Gasteiger partial charge in [0, 0.05) is 12.8 Å². The Morgan fingerprint density at radius 1 is 0.593 bits per heavy atom. The Bertz CT molecular complexity index is 1140. The second kappa shape index (κ2) is 27.0. The Kier molecular flexibility index (Phi) is 24.1. The number of hydrogen-bond donors (Lipinski definition) is 0. The molecule has 54 heavy (non-hydrogen) atoms. The molecule has 2 aliphatic heterocycles. The Labute approximate surface area is 327 Å². The third-order valence-corrected chi connectivity index (χ3v) is 11.2. The molecule has 314 valence electrons. The molecule has 2 heterocycles. The first-order chi connectivity index (χ1) is 25.8. The van der Waals surface area contributed by atoms with Crippen molar-refractivity contribution in [3.8, 4) is 0 Å². The summed E-state index contributed by atoms with van der Waals surface area (Å²) in [4.78, 5) is 37.7. The zero-order chi connectivity index (χ0) is 39.6. The molecule has 0 fully saturated rings. The molecule has 2 unspecified atom stereocenters. The summed E-state index contributed by atoms with van der Waals surface area (Å²) in [5.41, 5.74) is -0.416. The molecule has 0 saturated carbocycles. The van der Waals surface area contributed by atoms with Crippen LogP contribution in [-0.4, -0.2) is 81.4 Å². The standard InChI is InChI=1S/C40H76N5O8P/c1-6-8-10-11-12-13-14-15-16-17-18-19-21-26-37(46)50-34-36(35-52-54(48,49)51-33-32-45(3,4)5)53-38(47)27-22-25-31-40(43-44-40)30-24-20-23-29-39(41-42-39)28-9-7-2/h36H,6-35H2,1-5H3. The van der Waals surface area contributed by atoms with Crippen molar-refractivity contribution in [2.24, 2.45) is 20.5 Å². The molecule has 0 N–H and O–H groups in total. The van der Waals surface area contributed by atoms with Gasteiger partial charge in [-0.15, -0.1) is 0 Å². The molecule has 2 atom stereocenters. The smallest absolute Gasteiger partial charge is 0.306 e. The van der Waals surface area contributed by atoms with E-state index in [9.17, 15) is 19.0 Å². The molecular weight excluding hydrogens is 709 g/mol. The molecule has 13 nitrogen and oxygen atoms in total. The molecule has 0 aromatic rings. The topological polar surface area (TPSA) is 161 Å². The van der Waals surface area contributed by atoms with Crippen LogP contribution in [0.1, 0.15) is 181 Å². The highest BCUT2D eigenvalue weighted by Crippen LogP contribution is 2.41. The number of rotatable bonds is 38. The highest BCUT2D eigenvalue weighted by atomic mass is 31.2. The average Bonchev–Trinajstić information content (AvgIpc) is 4.06. The number of ether oxygens (including phenoxy) is 2. The van der Waals surface area contributed by atoms with Crippen LogP contribution in [0.15, 0.2) is 20.5 Å². The van der Waals surface area contributed by atoms with Gasteiger partial charge in [0.1, 0.15) is 19.8 Å². The van der Waals surface area contributed by atoms with Crippen LogP contribution in [0.3, 0.4) is 0 Å². The van der Waals surface area contributed by atoms with Crippen LogP contribution in [-0.2, 0) is 32.7 Å². The Morgan fingerprint density at radius 3 is 1.52 bits per heavy atom. The number of quaternary nitrogens is 1. The minimum Gasteiger partial charge on any atom is -0.756 e. The van der Waals surface area contributed by atoms with Crippen molar-refractivity contribution in [3.05, 3.63) is 0 Å². The highest BCUT2D eigenvalue weighted by Gasteiger charge is 2.40. The lowest BCUT2D eigenvalue weighted by atomic mass is 9.96. The van der Waals surface area contributed by atoms with Gasteiger partial charge in [0.25, 0.3) is 7.82 Å². The van der Waals surface area contributed by atoms with Gasteiger partial charge in [-0.1, -0.05) is 104 Å². The largest absolute Gasteiger partial charge is 0.756 e. The van der Waals surface area contributed by atoms with Crippen LogP contribution < -0.4 is 4.89 Å². The van der Waals surface area contributed by atoms with Crippen molar-refractivity contribution < 1.29 is 42.1 Å². The quantitative estimate of drug-likeness (QED) is 0.0259. The zero-order valence-corrected chi connectivity index (χ0v) is 35.6. The summed E-state index contributed by atoms with van der Waals surface area (Å²) in [5.74, 6) is -0.908. The van der Waals surface area contributed by atoms with Crippen LogP contribution in [0.25, 0.3) is 0 Å². The number of esters is 2. The molecule has 2 aliphatic rings. The number of phosphoric acid groups is 1. The van der Waals surface area contributed by atoms with Gasteiger partial charge < -0.3 is 27.9 Å². The molecule has 0 spiro atoms. The van der Waals surface area contributed by atoms with E-state index in [1.807, 2.05) is 21.1 Å². The first-order valence-corrected chi connectivity index (χ1v) is 22.9. The number of carbonyl (C=O) groups is 2. The summed E-state index contributed by atoms with van der Waals surface area (Å²) < 4.78 is 33.9. The van der Waals surface area contributed by atoms with Crippen LogP contribution in [0.2, 0.25) is 0 Å². The maximum Gasteiger partial charge on any atom is 0.306 e. The molecule has 0 saturated heterocycles. The first-order valence-electron chi connectivity index (χ1n) is 21.5. The molecule has 0 bridgehead atoms. The SMILES string of the molecule is CCCCCCCCCCCCCCCC(=O)OCC(COP(=O)([O-])OCC[N+](C)(C)C)OC(=O)CCCCC1(CCCCCC2(CCCC)N=N2)N=N1. The van der Waals surface area contributed by atoms with Crippen LogP contribution in [0.4, 0.5) is 0 Å². The van der Waals surface area contributed by atoms with E-state index in [0.29, 0.717) is 17.4 Å². The third-order valence-electron chi connectivity index (χ3n) is 10.2. The summed E-state index contributed by atoms with van der Waals surface area (Å²) in [6.07, 6.45) is 25.8. The minimum atomic E-state index is -4.65. The molecule has 0 amide bonds. The number of hydrogen-bond acceptors (Lipinski definition) is 12. The van der Waals surface area contributed by atoms with Crippen molar-refractivity contribution in [3.63, 3.8) is 0 Å². The lowest BCUT2D eigenvalue weighted by Gasteiger charge is -2.28. The molecule has 0 aliphatic carbocycles. The number of unbranched alkanes of at least 4 members (excludes halogenated alkanes) is 16. The van der Waals surface area contributed by atoms with Gasteiger partial charge in [-0.3, -0.25) is 14.2 Å². The third kappa shape index (κ3) is 25.4. The minimum absolute atomic E-state index is 0.0465. The second-order valence-electron chi connectivity index (χ2n) is 16.6. The van der Waals surface area contributed by atoms with Gasteiger partial charge in [0.05, 0.1) is 27.7 Å². The number of likely N-dealkylation sites (N-methyl/N-ethyl adjacent to an activating group) is 1. The van der Waals surface area contributed by atoms with Gasteiger partial charge in [0.15, 0.2) is 17.4 Å².